The molecule has 1 heterocycles. The Morgan fingerprint density at radius 2 is 1.79 bits per heavy atom. The lowest BCUT2D eigenvalue weighted by Gasteiger charge is -2.05. The number of hydrogen-bond donors (Lipinski definition) is 2. The second-order valence-corrected chi connectivity index (χ2v) is 4.99. The van der Waals surface area contributed by atoms with Gasteiger partial charge in [0.15, 0.2) is 0 Å². The predicted octanol–water partition coefficient (Wildman–Crippen LogP) is 2.86. The van der Waals surface area contributed by atoms with Gasteiger partial charge in [-0.15, -0.1) is 0 Å². The van der Waals surface area contributed by atoms with Gasteiger partial charge in [0.25, 0.3) is 0 Å². The Kier molecular flexibility index (Phi) is 4.24. The lowest BCUT2D eigenvalue weighted by atomic mass is 10.2. The zero-order valence-electron chi connectivity index (χ0n) is 13.2. The van der Waals surface area contributed by atoms with Gasteiger partial charge in [-0.2, -0.15) is 0 Å². The Morgan fingerprint density at radius 1 is 1.08 bits per heavy atom. The van der Waals surface area contributed by atoms with E-state index in [4.69, 9.17) is 14.2 Å². The van der Waals surface area contributed by atoms with E-state index in [9.17, 15) is 9.90 Å². The molecule has 0 unspecified atom stereocenters. The summed E-state index contributed by atoms with van der Waals surface area (Å²) in [5.74, 6) is 1.37. The molecule has 1 aromatic heterocycles. The first-order valence-corrected chi connectivity index (χ1v) is 7.18. The van der Waals surface area contributed by atoms with Crippen molar-refractivity contribution >= 4 is 17.0 Å². The molecule has 0 radical (unpaired) electrons. The molecule has 0 aliphatic rings. The van der Waals surface area contributed by atoms with E-state index in [0.29, 0.717) is 28.4 Å². The summed E-state index contributed by atoms with van der Waals surface area (Å²) in [4.78, 5) is 18.7. The maximum atomic E-state index is 11.3. The number of fused-ring (bicyclic) bond motifs is 1. The van der Waals surface area contributed by atoms with Crippen LogP contribution in [0.25, 0.3) is 11.0 Å². The summed E-state index contributed by atoms with van der Waals surface area (Å²) >= 11 is 0. The van der Waals surface area contributed by atoms with Crippen molar-refractivity contribution in [2.24, 2.45) is 0 Å². The summed E-state index contributed by atoms with van der Waals surface area (Å²) in [6.07, 6.45) is 0. The van der Waals surface area contributed by atoms with Gasteiger partial charge < -0.3 is 24.3 Å². The molecule has 3 aromatic rings. The number of carboxylic acids is 1. The third-order valence-corrected chi connectivity index (χ3v) is 3.54. The van der Waals surface area contributed by atoms with Crippen LogP contribution in [0.3, 0.4) is 0 Å². The minimum Gasteiger partial charge on any atom is -0.497 e. The Balaban J connectivity index is 1.86. The predicted molar refractivity (Wildman–Crippen MR) is 86.9 cm³/mol. The second kappa shape index (κ2) is 6.49. The fourth-order valence-electron chi connectivity index (χ4n) is 2.35. The van der Waals surface area contributed by atoms with Gasteiger partial charge >= 0.3 is 5.97 Å². The molecule has 2 N–H and O–H groups in total. The van der Waals surface area contributed by atoms with Crippen LogP contribution in [0.15, 0.2) is 36.4 Å². The van der Waals surface area contributed by atoms with E-state index in [1.165, 1.54) is 13.2 Å². The van der Waals surface area contributed by atoms with Crippen molar-refractivity contribution in [2.75, 3.05) is 14.2 Å². The molecule has 3 rings (SSSR count). The third kappa shape index (κ3) is 2.96. The third-order valence-electron chi connectivity index (χ3n) is 3.54. The largest absolute Gasteiger partial charge is 0.497 e. The van der Waals surface area contributed by atoms with Crippen LogP contribution in [0.1, 0.15) is 16.2 Å². The van der Waals surface area contributed by atoms with Gasteiger partial charge in [0.1, 0.15) is 35.2 Å². The van der Waals surface area contributed by atoms with Crippen LogP contribution in [0.4, 0.5) is 0 Å². The van der Waals surface area contributed by atoms with Crippen molar-refractivity contribution in [1.29, 1.82) is 0 Å². The normalized spacial score (nSPS) is 10.6. The molecule has 7 heteroatoms. The number of carbonyl (C=O) groups is 1. The van der Waals surface area contributed by atoms with Gasteiger partial charge in [-0.05, 0) is 36.4 Å². The van der Waals surface area contributed by atoms with Gasteiger partial charge in [-0.3, -0.25) is 0 Å². The monoisotopic (exact) mass is 328 g/mol. The quantitative estimate of drug-likeness (QED) is 0.722. The van der Waals surface area contributed by atoms with Crippen molar-refractivity contribution in [2.45, 2.75) is 6.61 Å². The first-order valence-electron chi connectivity index (χ1n) is 7.18. The van der Waals surface area contributed by atoms with Crippen LogP contribution in [0.5, 0.6) is 17.2 Å². The molecule has 7 nitrogen and oxygen atoms in total. The average molecular weight is 328 g/mol. The SMILES string of the molecule is COc1ccc(OCc2nc3c(OC)ccc(C(=O)O)c3[nH]2)cc1. The fraction of sp³-hybridized carbons (Fsp3) is 0.176. The number of benzene rings is 2. The fourth-order valence-corrected chi connectivity index (χ4v) is 2.35. The van der Waals surface area contributed by atoms with E-state index in [-0.39, 0.29) is 12.2 Å². The van der Waals surface area contributed by atoms with Crippen molar-refractivity contribution in [3.05, 3.63) is 47.8 Å². The van der Waals surface area contributed by atoms with Gasteiger partial charge in [0, 0.05) is 0 Å². The maximum absolute atomic E-state index is 11.3. The number of ether oxygens (including phenoxy) is 3. The van der Waals surface area contributed by atoms with E-state index in [1.54, 1.807) is 37.4 Å². The Morgan fingerprint density at radius 3 is 2.42 bits per heavy atom. The topological polar surface area (TPSA) is 93.7 Å². The Bertz CT molecular complexity index is 871. The van der Waals surface area contributed by atoms with E-state index >= 15 is 0 Å². The molecule has 0 atom stereocenters. The number of aromatic amines is 1. The molecule has 0 amide bonds. The Labute approximate surface area is 137 Å². The highest BCUT2D eigenvalue weighted by atomic mass is 16.5. The molecule has 0 fully saturated rings. The van der Waals surface area contributed by atoms with Gasteiger partial charge in [-0.1, -0.05) is 0 Å². The Hall–Kier alpha value is -3.22. The lowest BCUT2D eigenvalue weighted by Crippen LogP contribution is -1.99. The van der Waals surface area contributed by atoms with Crippen molar-refractivity contribution in [3.63, 3.8) is 0 Å². The van der Waals surface area contributed by atoms with E-state index in [1.807, 2.05) is 0 Å². The molecule has 2 aromatic carbocycles. The van der Waals surface area contributed by atoms with Crippen LogP contribution in [0.2, 0.25) is 0 Å². The van der Waals surface area contributed by atoms with Crippen LogP contribution in [-0.4, -0.2) is 35.3 Å². The van der Waals surface area contributed by atoms with Gasteiger partial charge in [-0.25, -0.2) is 9.78 Å². The molecule has 0 spiro atoms. The zero-order valence-corrected chi connectivity index (χ0v) is 13.2. The molecule has 24 heavy (non-hydrogen) atoms. The summed E-state index contributed by atoms with van der Waals surface area (Å²) in [6, 6.07) is 10.2. The van der Waals surface area contributed by atoms with Crippen LogP contribution in [0, 0.1) is 0 Å². The van der Waals surface area contributed by atoms with Crippen LogP contribution in [-0.2, 0) is 6.61 Å². The van der Waals surface area contributed by atoms with Crippen LogP contribution >= 0.6 is 0 Å². The minimum atomic E-state index is -1.03. The van der Waals surface area contributed by atoms with Gasteiger partial charge in [0.2, 0.25) is 0 Å². The number of carboxylic acid groups (broad SMARTS) is 1. The number of methoxy groups -OCH3 is 2. The smallest absolute Gasteiger partial charge is 0.337 e. The van der Waals surface area contributed by atoms with Crippen molar-refractivity contribution in [3.8, 4) is 17.2 Å². The van der Waals surface area contributed by atoms with E-state index in [0.717, 1.165) is 5.75 Å². The number of H-pyrrole nitrogens is 1. The highest BCUT2D eigenvalue weighted by Crippen LogP contribution is 2.27. The maximum Gasteiger partial charge on any atom is 0.337 e. The molecular formula is C17H16N2O5. The lowest BCUT2D eigenvalue weighted by molar-refractivity contribution is 0.0699. The standard InChI is InChI=1S/C17H16N2O5/c1-22-10-3-5-11(6-4-10)24-9-14-18-15-12(17(20)21)7-8-13(23-2)16(15)19-14/h3-8H,9H2,1-2H3,(H,18,19)(H,20,21). The summed E-state index contributed by atoms with van der Waals surface area (Å²) < 4.78 is 16.0. The molecule has 0 saturated heterocycles. The van der Waals surface area contributed by atoms with Crippen molar-refractivity contribution < 1.29 is 24.1 Å². The summed E-state index contributed by atoms with van der Waals surface area (Å²) in [5, 5.41) is 9.28. The highest BCUT2D eigenvalue weighted by molar-refractivity contribution is 6.02. The number of nitrogens with zero attached hydrogens (tertiary/aromatic N) is 1. The number of imidazole rings is 1. The number of aromatic nitrogens is 2. The van der Waals surface area contributed by atoms with Gasteiger partial charge in [0.05, 0.1) is 25.3 Å². The molecular weight excluding hydrogens is 312 g/mol. The average Bonchev–Trinajstić information content (AvgIpc) is 3.03. The molecule has 0 aliphatic carbocycles. The number of rotatable bonds is 6. The summed E-state index contributed by atoms with van der Waals surface area (Å²) in [6.45, 7) is 0.170. The first kappa shape index (κ1) is 15.7. The number of nitrogens with one attached hydrogen (secondary N) is 1. The van der Waals surface area contributed by atoms with Crippen LogP contribution < -0.4 is 14.2 Å². The zero-order chi connectivity index (χ0) is 17.1. The highest BCUT2D eigenvalue weighted by Gasteiger charge is 2.16. The first-order chi connectivity index (χ1) is 11.6. The summed E-state index contributed by atoms with van der Waals surface area (Å²) in [7, 11) is 3.11. The summed E-state index contributed by atoms with van der Waals surface area (Å²) in [5.41, 5.74) is 1.01. The minimum absolute atomic E-state index is 0.133. The number of aromatic carboxylic acids is 1. The number of hydrogen-bond acceptors (Lipinski definition) is 5. The second-order valence-electron chi connectivity index (χ2n) is 4.99. The molecule has 0 aliphatic heterocycles. The molecule has 0 bridgehead atoms. The van der Waals surface area contributed by atoms with E-state index in [2.05, 4.69) is 9.97 Å². The van der Waals surface area contributed by atoms with Crippen molar-refractivity contribution in [1.82, 2.24) is 9.97 Å². The molecule has 124 valence electrons. The molecule has 0 saturated carbocycles. The van der Waals surface area contributed by atoms with E-state index < -0.39 is 5.97 Å².